The first-order chi connectivity index (χ1) is 16.9. The smallest absolute Gasteiger partial charge is 0.293 e. The van der Waals surface area contributed by atoms with Crippen molar-refractivity contribution in [2.45, 2.75) is 20.1 Å². The first-order valence-corrected chi connectivity index (χ1v) is 13.3. The van der Waals surface area contributed by atoms with Crippen LogP contribution < -0.4 is 9.47 Å². The molecule has 1 heterocycles. The van der Waals surface area contributed by atoms with E-state index in [1.54, 1.807) is 24.3 Å². The van der Waals surface area contributed by atoms with E-state index in [1.807, 2.05) is 49.4 Å². The van der Waals surface area contributed by atoms with Crippen LogP contribution in [0.4, 0.5) is 4.79 Å². The van der Waals surface area contributed by atoms with Gasteiger partial charge in [0.15, 0.2) is 11.5 Å². The lowest BCUT2D eigenvalue weighted by Gasteiger charge is -2.15. The third-order valence-corrected chi connectivity index (χ3v) is 7.37. The maximum Gasteiger partial charge on any atom is 0.293 e. The van der Waals surface area contributed by atoms with Crippen molar-refractivity contribution in [3.05, 3.63) is 95.9 Å². The largest absolute Gasteiger partial charge is 0.490 e. The van der Waals surface area contributed by atoms with E-state index in [-0.39, 0.29) is 17.7 Å². The van der Waals surface area contributed by atoms with Gasteiger partial charge in [-0.05, 0) is 88.3 Å². The molecule has 1 fully saturated rings. The molecule has 0 saturated carbocycles. The Hall–Kier alpha value is -2.20. The van der Waals surface area contributed by atoms with Crippen molar-refractivity contribution in [1.29, 1.82) is 0 Å². The zero-order valence-electron chi connectivity index (χ0n) is 18.6. The van der Waals surface area contributed by atoms with Gasteiger partial charge in [0, 0.05) is 10.0 Å². The molecule has 0 spiro atoms. The van der Waals surface area contributed by atoms with Gasteiger partial charge in [0.1, 0.15) is 6.61 Å². The fourth-order valence-corrected chi connectivity index (χ4v) is 5.50. The summed E-state index contributed by atoms with van der Waals surface area (Å²) in [6.45, 7) is 2.84. The predicted molar refractivity (Wildman–Crippen MR) is 149 cm³/mol. The molecule has 0 N–H and O–H groups in total. The summed E-state index contributed by atoms with van der Waals surface area (Å²) < 4.78 is 12.7. The Morgan fingerprint density at radius 1 is 1.03 bits per heavy atom. The van der Waals surface area contributed by atoms with E-state index in [4.69, 9.17) is 32.7 Å². The number of benzene rings is 3. The molecule has 5 nitrogen and oxygen atoms in total. The lowest BCUT2D eigenvalue weighted by Crippen LogP contribution is -2.27. The highest BCUT2D eigenvalue weighted by molar-refractivity contribution is 14.1. The Morgan fingerprint density at radius 2 is 1.80 bits per heavy atom. The van der Waals surface area contributed by atoms with Gasteiger partial charge in [-0.25, -0.2) is 0 Å². The SMILES string of the molecule is CCOc1cc(/C=C2\SC(=O)N(Cc3ccc(Cl)cc3Cl)C2=O)cc(I)c1OCc1ccccc1. The van der Waals surface area contributed by atoms with Crippen molar-refractivity contribution in [2.75, 3.05) is 6.61 Å². The fourth-order valence-electron chi connectivity index (χ4n) is 3.41. The van der Waals surface area contributed by atoms with E-state index in [2.05, 4.69) is 22.6 Å². The molecule has 4 rings (SSSR count). The minimum atomic E-state index is -0.372. The number of amides is 2. The van der Waals surface area contributed by atoms with Gasteiger partial charge >= 0.3 is 0 Å². The minimum Gasteiger partial charge on any atom is -0.490 e. The maximum atomic E-state index is 13.0. The molecule has 35 heavy (non-hydrogen) atoms. The summed E-state index contributed by atoms with van der Waals surface area (Å²) in [5, 5.41) is 0.543. The number of carbonyl (C=O) groups excluding carboxylic acids is 2. The fraction of sp³-hybridized carbons (Fsp3) is 0.154. The van der Waals surface area contributed by atoms with Gasteiger partial charge in [-0.15, -0.1) is 0 Å². The standard InChI is InChI=1S/C26H20Cl2INO4S/c1-2-33-22-11-17(10-21(29)24(22)34-15-16-6-4-3-5-7-16)12-23-25(31)30(26(32)35-23)14-18-8-9-19(27)13-20(18)28/h3-13H,2,14-15H2,1H3/b23-12-. The molecule has 1 aliphatic heterocycles. The van der Waals surface area contributed by atoms with Crippen LogP contribution in [0.3, 0.4) is 0 Å². The molecular weight excluding hydrogens is 620 g/mol. The monoisotopic (exact) mass is 639 g/mol. The van der Waals surface area contributed by atoms with Crippen LogP contribution in [0.15, 0.2) is 65.6 Å². The maximum absolute atomic E-state index is 13.0. The van der Waals surface area contributed by atoms with E-state index >= 15 is 0 Å². The molecule has 180 valence electrons. The van der Waals surface area contributed by atoms with Gasteiger partial charge in [-0.2, -0.15) is 0 Å². The van der Waals surface area contributed by atoms with E-state index in [1.165, 1.54) is 4.90 Å². The van der Waals surface area contributed by atoms with Crippen LogP contribution in [0.25, 0.3) is 6.08 Å². The zero-order chi connectivity index (χ0) is 24.9. The molecule has 3 aromatic rings. The number of rotatable bonds is 8. The number of ether oxygens (including phenoxy) is 2. The summed E-state index contributed by atoms with van der Waals surface area (Å²) in [6.07, 6.45) is 1.69. The van der Waals surface area contributed by atoms with Crippen molar-refractivity contribution < 1.29 is 19.1 Å². The topological polar surface area (TPSA) is 55.8 Å². The van der Waals surface area contributed by atoms with Crippen molar-refractivity contribution in [3.63, 3.8) is 0 Å². The van der Waals surface area contributed by atoms with Crippen molar-refractivity contribution >= 4 is 74.8 Å². The van der Waals surface area contributed by atoms with Gasteiger partial charge in [0.2, 0.25) is 0 Å². The van der Waals surface area contributed by atoms with Crippen LogP contribution in [-0.4, -0.2) is 22.7 Å². The molecule has 9 heteroatoms. The molecular formula is C26H20Cl2INO4S. The van der Waals surface area contributed by atoms with Gasteiger partial charge in [0.05, 0.1) is 21.6 Å². The quantitative estimate of drug-likeness (QED) is 0.186. The normalized spacial score (nSPS) is 14.6. The number of hydrogen-bond acceptors (Lipinski definition) is 5. The zero-order valence-corrected chi connectivity index (χ0v) is 23.1. The van der Waals surface area contributed by atoms with Gasteiger partial charge < -0.3 is 9.47 Å². The van der Waals surface area contributed by atoms with E-state index in [0.29, 0.717) is 45.2 Å². The van der Waals surface area contributed by atoms with Crippen LogP contribution >= 0.6 is 57.6 Å². The lowest BCUT2D eigenvalue weighted by molar-refractivity contribution is -0.123. The minimum absolute atomic E-state index is 0.0754. The van der Waals surface area contributed by atoms with Crippen LogP contribution in [0.2, 0.25) is 10.0 Å². The first kappa shape index (κ1) is 25.9. The highest BCUT2D eigenvalue weighted by Gasteiger charge is 2.35. The van der Waals surface area contributed by atoms with Crippen molar-refractivity contribution in [1.82, 2.24) is 4.90 Å². The van der Waals surface area contributed by atoms with E-state index in [9.17, 15) is 9.59 Å². The van der Waals surface area contributed by atoms with Crippen LogP contribution in [-0.2, 0) is 17.9 Å². The summed E-state index contributed by atoms with van der Waals surface area (Å²) in [7, 11) is 0. The third-order valence-electron chi connectivity index (χ3n) is 5.07. The molecule has 0 unspecified atom stereocenters. The number of imide groups is 1. The summed E-state index contributed by atoms with van der Waals surface area (Å²) in [4.78, 5) is 27.1. The number of thioether (sulfide) groups is 1. The molecule has 3 aromatic carbocycles. The Bertz CT molecular complexity index is 1300. The van der Waals surface area contributed by atoms with Crippen molar-refractivity contribution in [2.24, 2.45) is 0 Å². The molecule has 0 atom stereocenters. The molecule has 2 amide bonds. The average Bonchev–Trinajstić information content (AvgIpc) is 3.08. The Kier molecular flexibility index (Phi) is 8.64. The Morgan fingerprint density at radius 3 is 2.51 bits per heavy atom. The molecule has 1 aliphatic rings. The highest BCUT2D eigenvalue weighted by atomic mass is 127. The Labute approximate surface area is 231 Å². The van der Waals surface area contributed by atoms with Crippen LogP contribution in [0, 0.1) is 3.57 Å². The third kappa shape index (κ3) is 6.33. The number of carbonyl (C=O) groups is 2. The van der Waals surface area contributed by atoms with Crippen molar-refractivity contribution in [3.8, 4) is 11.5 Å². The van der Waals surface area contributed by atoms with Gasteiger partial charge in [-0.1, -0.05) is 59.6 Å². The summed E-state index contributed by atoms with van der Waals surface area (Å²) in [5.74, 6) is 0.844. The lowest BCUT2D eigenvalue weighted by atomic mass is 10.1. The molecule has 0 aliphatic carbocycles. The van der Waals surface area contributed by atoms with E-state index < -0.39 is 0 Å². The van der Waals surface area contributed by atoms with E-state index in [0.717, 1.165) is 26.5 Å². The highest BCUT2D eigenvalue weighted by Crippen LogP contribution is 2.38. The van der Waals surface area contributed by atoms with Gasteiger partial charge in [-0.3, -0.25) is 14.5 Å². The van der Waals surface area contributed by atoms with Crippen LogP contribution in [0.1, 0.15) is 23.6 Å². The molecule has 0 radical (unpaired) electrons. The summed E-state index contributed by atoms with van der Waals surface area (Å²) in [6, 6.07) is 18.6. The summed E-state index contributed by atoms with van der Waals surface area (Å²) >= 11 is 15.3. The summed E-state index contributed by atoms with van der Waals surface area (Å²) in [5.41, 5.74) is 2.43. The second-order valence-corrected chi connectivity index (χ2v) is 10.5. The second-order valence-electron chi connectivity index (χ2n) is 7.54. The predicted octanol–water partition coefficient (Wildman–Crippen LogP) is 7.81. The molecule has 0 bridgehead atoms. The number of hydrogen-bond donors (Lipinski definition) is 0. The molecule has 0 aromatic heterocycles. The molecule has 1 saturated heterocycles. The second kappa shape index (κ2) is 11.7. The van der Waals surface area contributed by atoms with Crippen LogP contribution in [0.5, 0.6) is 11.5 Å². The van der Waals surface area contributed by atoms with Gasteiger partial charge in [0.25, 0.3) is 11.1 Å². The number of nitrogens with zero attached hydrogens (tertiary/aromatic N) is 1. The Balaban J connectivity index is 1.56. The number of halogens is 3. The first-order valence-electron chi connectivity index (χ1n) is 10.7. The average molecular weight is 640 g/mol.